The van der Waals surface area contributed by atoms with Gasteiger partial charge in [-0.05, 0) is 49.2 Å². The zero-order valence-corrected chi connectivity index (χ0v) is 11.5. The molecule has 0 spiro atoms. The number of benzene rings is 2. The third-order valence-electron chi connectivity index (χ3n) is 3.02. The van der Waals surface area contributed by atoms with E-state index in [4.69, 9.17) is 0 Å². The fourth-order valence-electron chi connectivity index (χ4n) is 2.06. The number of halogens is 3. The molecule has 21 heavy (non-hydrogen) atoms. The monoisotopic (exact) mass is 294 g/mol. The van der Waals surface area contributed by atoms with E-state index in [1.807, 2.05) is 0 Å². The molecule has 2 aromatic rings. The summed E-state index contributed by atoms with van der Waals surface area (Å²) in [7, 11) is 0. The van der Waals surface area contributed by atoms with Crippen molar-refractivity contribution in [3.8, 4) is 5.75 Å². The molecule has 0 heterocycles. The fourth-order valence-corrected chi connectivity index (χ4v) is 2.06. The minimum absolute atomic E-state index is 0.0913. The Bertz CT molecular complexity index is 658. The zero-order valence-electron chi connectivity index (χ0n) is 11.5. The number of hydrogen-bond acceptors (Lipinski definition) is 2. The van der Waals surface area contributed by atoms with Crippen LogP contribution in [0.2, 0.25) is 0 Å². The average molecular weight is 294 g/mol. The van der Waals surface area contributed by atoms with Crippen molar-refractivity contribution in [2.45, 2.75) is 20.5 Å². The van der Waals surface area contributed by atoms with Crippen LogP contribution in [0.4, 0.5) is 13.2 Å². The van der Waals surface area contributed by atoms with Gasteiger partial charge < -0.3 is 4.74 Å². The molecule has 0 aliphatic rings. The highest BCUT2D eigenvalue weighted by Gasteiger charge is 2.14. The van der Waals surface area contributed by atoms with Crippen molar-refractivity contribution in [2.75, 3.05) is 0 Å². The number of carbonyl (C=O) groups is 1. The molecule has 0 aliphatic carbocycles. The van der Waals surface area contributed by atoms with Crippen molar-refractivity contribution >= 4 is 5.78 Å². The molecule has 0 unspecified atom stereocenters. The molecule has 2 aromatic carbocycles. The van der Waals surface area contributed by atoms with Crippen LogP contribution in [-0.2, 0) is 0 Å². The van der Waals surface area contributed by atoms with Crippen LogP contribution in [0.5, 0.6) is 5.75 Å². The lowest BCUT2D eigenvalue weighted by Crippen LogP contribution is -2.06. The third-order valence-corrected chi connectivity index (χ3v) is 3.02. The molecule has 2 nitrogen and oxygen atoms in total. The number of rotatable bonds is 4. The van der Waals surface area contributed by atoms with Gasteiger partial charge in [-0.15, -0.1) is 0 Å². The maximum atomic E-state index is 13.6. The molecular formula is C16H13F3O2. The Morgan fingerprint density at radius 3 is 2.24 bits per heavy atom. The molecule has 0 N–H and O–H groups in total. The van der Waals surface area contributed by atoms with Gasteiger partial charge >= 0.3 is 6.61 Å². The van der Waals surface area contributed by atoms with Gasteiger partial charge in [0.05, 0.1) is 0 Å². The van der Waals surface area contributed by atoms with E-state index in [2.05, 4.69) is 4.74 Å². The smallest absolute Gasteiger partial charge is 0.387 e. The van der Waals surface area contributed by atoms with E-state index in [1.165, 1.54) is 36.4 Å². The van der Waals surface area contributed by atoms with Gasteiger partial charge in [-0.25, -0.2) is 4.39 Å². The maximum absolute atomic E-state index is 13.6. The second kappa shape index (κ2) is 5.99. The van der Waals surface area contributed by atoms with E-state index in [9.17, 15) is 18.0 Å². The molecule has 0 fully saturated rings. The van der Waals surface area contributed by atoms with Crippen molar-refractivity contribution in [1.82, 2.24) is 0 Å². The highest BCUT2D eigenvalue weighted by Crippen LogP contribution is 2.21. The van der Waals surface area contributed by atoms with Gasteiger partial charge in [0.25, 0.3) is 0 Å². The van der Waals surface area contributed by atoms with E-state index in [-0.39, 0.29) is 22.9 Å². The third kappa shape index (κ3) is 3.42. The summed E-state index contributed by atoms with van der Waals surface area (Å²) >= 11 is 0. The van der Waals surface area contributed by atoms with E-state index in [1.54, 1.807) is 13.8 Å². The molecule has 0 aliphatic heterocycles. The lowest BCUT2D eigenvalue weighted by molar-refractivity contribution is -0.0498. The molecule has 110 valence electrons. The molecule has 0 radical (unpaired) electrons. The molecule has 2 rings (SSSR count). The first-order chi connectivity index (χ1) is 9.88. The summed E-state index contributed by atoms with van der Waals surface area (Å²) in [6.07, 6.45) is 0. The second-order valence-corrected chi connectivity index (χ2v) is 4.66. The predicted molar refractivity (Wildman–Crippen MR) is 72.4 cm³/mol. The van der Waals surface area contributed by atoms with Crippen molar-refractivity contribution in [1.29, 1.82) is 0 Å². The lowest BCUT2D eigenvalue weighted by Gasteiger charge is -2.08. The number of carbonyl (C=O) groups excluding carboxylic acids is 1. The molecule has 0 aromatic heterocycles. The van der Waals surface area contributed by atoms with Crippen LogP contribution in [0.1, 0.15) is 27.0 Å². The van der Waals surface area contributed by atoms with Crippen molar-refractivity contribution in [2.24, 2.45) is 0 Å². The fraction of sp³-hybridized carbons (Fsp3) is 0.188. The molecule has 0 saturated carbocycles. The molecule has 0 atom stereocenters. The first-order valence-corrected chi connectivity index (χ1v) is 6.25. The van der Waals surface area contributed by atoms with Gasteiger partial charge in [0.2, 0.25) is 0 Å². The van der Waals surface area contributed by atoms with E-state index >= 15 is 0 Å². The molecule has 0 bridgehead atoms. The number of aryl methyl sites for hydroxylation is 2. The highest BCUT2D eigenvalue weighted by molar-refractivity contribution is 6.09. The largest absolute Gasteiger partial charge is 0.435 e. The van der Waals surface area contributed by atoms with Crippen LogP contribution >= 0.6 is 0 Å². The van der Waals surface area contributed by atoms with E-state index in [0.717, 1.165) is 0 Å². The van der Waals surface area contributed by atoms with Gasteiger partial charge in [0.15, 0.2) is 5.78 Å². The summed E-state index contributed by atoms with van der Waals surface area (Å²) in [5.74, 6) is -0.825. The summed E-state index contributed by atoms with van der Waals surface area (Å²) < 4.78 is 42.2. The van der Waals surface area contributed by atoms with Crippen molar-refractivity contribution < 1.29 is 22.7 Å². The summed E-state index contributed by atoms with van der Waals surface area (Å²) in [4.78, 5) is 12.3. The van der Waals surface area contributed by atoms with Gasteiger partial charge in [0, 0.05) is 11.1 Å². The standard InChI is InChI=1S/C16H13F3O2/c1-9-6-12(7-10(2)14(9)17)15(20)11-4-3-5-13(8-11)21-16(18)19/h3-8,16H,1-2H3. The zero-order chi connectivity index (χ0) is 15.6. The minimum Gasteiger partial charge on any atom is -0.435 e. The lowest BCUT2D eigenvalue weighted by atomic mass is 9.99. The van der Waals surface area contributed by atoms with Crippen LogP contribution < -0.4 is 4.74 Å². The number of hydrogen-bond donors (Lipinski definition) is 0. The minimum atomic E-state index is -2.95. The van der Waals surface area contributed by atoms with Crippen LogP contribution in [-0.4, -0.2) is 12.4 Å². The molecule has 0 saturated heterocycles. The summed E-state index contributed by atoms with van der Waals surface area (Å²) in [6.45, 7) is 0.177. The predicted octanol–water partition coefficient (Wildman–Crippen LogP) is 4.27. The molecular weight excluding hydrogens is 281 g/mol. The highest BCUT2D eigenvalue weighted by atomic mass is 19.3. The van der Waals surface area contributed by atoms with Gasteiger partial charge in [-0.2, -0.15) is 8.78 Å². The van der Waals surface area contributed by atoms with Crippen LogP contribution in [0.15, 0.2) is 36.4 Å². The van der Waals surface area contributed by atoms with Crippen molar-refractivity contribution in [3.05, 3.63) is 64.5 Å². The van der Waals surface area contributed by atoms with Gasteiger partial charge in [0.1, 0.15) is 11.6 Å². The van der Waals surface area contributed by atoms with Crippen LogP contribution in [0.25, 0.3) is 0 Å². The summed E-state index contributed by atoms with van der Waals surface area (Å²) in [6, 6.07) is 8.39. The van der Waals surface area contributed by atoms with Gasteiger partial charge in [-0.1, -0.05) is 12.1 Å². The van der Waals surface area contributed by atoms with Crippen molar-refractivity contribution in [3.63, 3.8) is 0 Å². The SMILES string of the molecule is Cc1cc(C(=O)c2cccc(OC(F)F)c2)cc(C)c1F. The average Bonchev–Trinajstić information content (AvgIpc) is 2.43. The summed E-state index contributed by atoms with van der Waals surface area (Å²) in [5.41, 5.74) is 1.23. The van der Waals surface area contributed by atoms with Gasteiger partial charge in [-0.3, -0.25) is 4.79 Å². The Balaban J connectivity index is 2.36. The first-order valence-electron chi connectivity index (χ1n) is 6.25. The Morgan fingerprint density at radius 2 is 1.67 bits per heavy atom. The Morgan fingerprint density at radius 1 is 1.05 bits per heavy atom. The Kier molecular flexibility index (Phi) is 4.31. The van der Waals surface area contributed by atoms with E-state index < -0.39 is 6.61 Å². The maximum Gasteiger partial charge on any atom is 0.387 e. The topological polar surface area (TPSA) is 26.3 Å². The van der Waals surface area contributed by atoms with E-state index in [0.29, 0.717) is 16.7 Å². The second-order valence-electron chi connectivity index (χ2n) is 4.66. The number of ether oxygens (including phenoxy) is 1. The number of ketones is 1. The first kappa shape index (κ1) is 15.1. The molecule has 5 heteroatoms. The number of alkyl halides is 2. The van der Waals surface area contributed by atoms with Crippen LogP contribution in [0.3, 0.4) is 0 Å². The Labute approximate surface area is 120 Å². The Hall–Kier alpha value is -2.30. The van der Waals surface area contributed by atoms with Crippen LogP contribution in [0, 0.1) is 19.7 Å². The normalized spacial score (nSPS) is 10.8. The quantitative estimate of drug-likeness (QED) is 0.787. The summed E-state index contributed by atoms with van der Waals surface area (Å²) in [5, 5.41) is 0. The molecule has 0 amide bonds.